The summed E-state index contributed by atoms with van der Waals surface area (Å²) >= 11 is 0. The quantitative estimate of drug-likeness (QED) is 0.830. The number of nitrogens with zero attached hydrogens (tertiary/aromatic N) is 1. The van der Waals surface area contributed by atoms with Crippen molar-refractivity contribution >= 4 is 0 Å². The molecule has 3 heteroatoms. The molecule has 0 amide bonds. The van der Waals surface area contributed by atoms with E-state index in [4.69, 9.17) is 4.74 Å². The Morgan fingerprint density at radius 2 is 2.05 bits per heavy atom. The van der Waals surface area contributed by atoms with E-state index in [-0.39, 0.29) is 0 Å². The van der Waals surface area contributed by atoms with Gasteiger partial charge in [-0.1, -0.05) is 32.6 Å². The lowest BCUT2D eigenvalue weighted by molar-refractivity contribution is -0.000890. The van der Waals surface area contributed by atoms with Crippen LogP contribution in [0.15, 0.2) is 0 Å². The molecule has 19 heavy (non-hydrogen) atoms. The van der Waals surface area contributed by atoms with Crippen molar-refractivity contribution in [3.05, 3.63) is 0 Å². The maximum Gasteiger partial charge on any atom is 0.0618 e. The Morgan fingerprint density at radius 1 is 1.32 bits per heavy atom. The van der Waals surface area contributed by atoms with Crippen molar-refractivity contribution in [2.24, 2.45) is 0 Å². The number of rotatable bonds is 5. The lowest BCUT2D eigenvalue weighted by Crippen LogP contribution is -2.66. The predicted molar refractivity (Wildman–Crippen MR) is 80.6 cm³/mol. The van der Waals surface area contributed by atoms with Gasteiger partial charge in [0.2, 0.25) is 0 Å². The van der Waals surface area contributed by atoms with Gasteiger partial charge < -0.3 is 10.1 Å². The Labute approximate surface area is 119 Å². The van der Waals surface area contributed by atoms with Gasteiger partial charge in [0.1, 0.15) is 0 Å². The standard InChI is InChI=1S/C16H32N2O/c1-4-8-15(12-19-3)18-13-16(17-11-14(18)2)9-6-5-7-10-16/h14-15,17H,4-13H2,1-3H3. The Balaban J connectivity index is 2.03. The molecule has 1 heterocycles. The van der Waals surface area contributed by atoms with Crippen molar-refractivity contribution in [1.29, 1.82) is 0 Å². The van der Waals surface area contributed by atoms with Crippen LogP contribution in [0.3, 0.4) is 0 Å². The molecule has 0 aromatic rings. The number of ether oxygens (including phenoxy) is 1. The summed E-state index contributed by atoms with van der Waals surface area (Å²) in [7, 11) is 1.84. The summed E-state index contributed by atoms with van der Waals surface area (Å²) in [6.07, 6.45) is 9.46. The molecule has 1 saturated carbocycles. The van der Waals surface area contributed by atoms with Gasteiger partial charge >= 0.3 is 0 Å². The van der Waals surface area contributed by atoms with Gasteiger partial charge in [0, 0.05) is 37.8 Å². The van der Waals surface area contributed by atoms with Gasteiger partial charge in [0.05, 0.1) is 6.61 Å². The SMILES string of the molecule is CCCC(COC)N1CC2(CCCCC2)NCC1C. The van der Waals surface area contributed by atoms with E-state index in [0.29, 0.717) is 17.6 Å². The van der Waals surface area contributed by atoms with E-state index < -0.39 is 0 Å². The van der Waals surface area contributed by atoms with Crippen LogP contribution in [-0.2, 0) is 4.74 Å². The van der Waals surface area contributed by atoms with E-state index in [1.54, 1.807) is 0 Å². The van der Waals surface area contributed by atoms with Crippen LogP contribution in [0.1, 0.15) is 58.8 Å². The second kappa shape index (κ2) is 7.05. The third-order valence-corrected chi connectivity index (χ3v) is 5.08. The van der Waals surface area contributed by atoms with Gasteiger partial charge in [-0.3, -0.25) is 4.90 Å². The Hall–Kier alpha value is -0.120. The largest absolute Gasteiger partial charge is 0.383 e. The summed E-state index contributed by atoms with van der Waals surface area (Å²) in [5, 5.41) is 3.87. The molecule has 112 valence electrons. The highest BCUT2D eigenvalue weighted by Gasteiger charge is 2.40. The second-order valence-electron chi connectivity index (χ2n) is 6.64. The highest BCUT2D eigenvalue weighted by molar-refractivity contribution is 5.00. The fraction of sp³-hybridized carbons (Fsp3) is 1.00. The first kappa shape index (κ1) is 15.3. The zero-order chi connectivity index (χ0) is 13.7. The van der Waals surface area contributed by atoms with E-state index in [1.807, 2.05) is 7.11 Å². The fourth-order valence-corrected chi connectivity index (χ4v) is 3.97. The molecule has 3 nitrogen and oxygen atoms in total. The molecule has 1 N–H and O–H groups in total. The van der Waals surface area contributed by atoms with Crippen LogP contribution in [0.25, 0.3) is 0 Å². The summed E-state index contributed by atoms with van der Waals surface area (Å²) in [4.78, 5) is 2.73. The summed E-state index contributed by atoms with van der Waals surface area (Å²) < 4.78 is 5.47. The first-order valence-electron chi connectivity index (χ1n) is 8.20. The maximum atomic E-state index is 5.47. The van der Waals surface area contributed by atoms with Crippen LogP contribution in [0.2, 0.25) is 0 Å². The average Bonchev–Trinajstić information content (AvgIpc) is 2.43. The normalized spacial score (nSPS) is 29.5. The molecule has 2 aliphatic rings. The monoisotopic (exact) mass is 268 g/mol. The van der Waals surface area contributed by atoms with E-state index in [0.717, 1.165) is 13.2 Å². The molecule has 1 spiro atoms. The van der Waals surface area contributed by atoms with Gasteiger partial charge in [0.25, 0.3) is 0 Å². The fourth-order valence-electron chi connectivity index (χ4n) is 3.97. The number of methoxy groups -OCH3 is 1. The van der Waals surface area contributed by atoms with Gasteiger partial charge in [0.15, 0.2) is 0 Å². The molecular formula is C16H32N2O. The van der Waals surface area contributed by atoms with Gasteiger partial charge in [-0.2, -0.15) is 0 Å². The van der Waals surface area contributed by atoms with E-state index in [2.05, 4.69) is 24.1 Å². The molecule has 2 fully saturated rings. The molecule has 1 saturated heterocycles. The van der Waals surface area contributed by atoms with Gasteiger partial charge in [-0.15, -0.1) is 0 Å². The van der Waals surface area contributed by atoms with E-state index in [1.165, 1.54) is 51.5 Å². The Morgan fingerprint density at radius 3 is 2.68 bits per heavy atom. The lowest BCUT2D eigenvalue weighted by Gasteiger charge is -2.51. The highest BCUT2D eigenvalue weighted by Crippen LogP contribution is 2.33. The van der Waals surface area contributed by atoms with Crippen LogP contribution in [-0.4, -0.2) is 49.3 Å². The third kappa shape index (κ3) is 3.71. The molecule has 0 aromatic heterocycles. The minimum Gasteiger partial charge on any atom is -0.383 e. The highest BCUT2D eigenvalue weighted by atomic mass is 16.5. The Bertz CT molecular complexity index is 257. The number of piperazine rings is 1. The van der Waals surface area contributed by atoms with Crippen molar-refractivity contribution in [2.45, 2.75) is 76.4 Å². The van der Waals surface area contributed by atoms with E-state index in [9.17, 15) is 0 Å². The zero-order valence-corrected chi connectivity index (χ0v) is 13.1. The molecule has 2 rings (SSSR count). The van der Waals surface area contributed by atoms with Crippen LogP contribution < -0.4 is 5.32 Å². The minimum absolute atomic E-state index is 0.407. The van der Waals surface area contributed by atoms with Crippen molar-refractivity contribution < 1.29 is 4.74 Å². The molecule has 1 aliphatic carbocycles. The molecule has 1 aliphatic heterocycles. The van der Waals surface area contributed by atoms with Crippen molar-refractivity contribution in [2.75, 3.05) is 26.8 Å². The predicted octanol–water partition coefficient (Wildman–Crippen LogP) is 2.80. The second-order valence-corrected chi connectivity index (χ2v) is 6.64. The summed E-state index contributed by atoms with van der Waals surface area (Å²) in [6, 6.07) is 1.24. The molecular weight excluding hydrogens is 236 g/mol. The lowest BCUT2D eigenvalue weighted by atomic mass is 9.79. The summed E-state index contributed by atoms with van der Waals surface area (Å²) in [6.45, 7) is 7.90. The van der Waals surface area contributed by atoms with Gasteiger partial charge in [-0.25, -0.2) is 0 Å². The molecule has 0 aromatic carbocycles. The Kier molecular flexibility index (Phi) is 5.67. The van der Waals surface area contributed by atoms with Crippen LogP contribution >= 0.6 is 0 Å². The van der Waals surface area contributed by atoms with Crippen LogP contribution in [0.4, 0.5) is 0 Å². The molecule has 2 unspecified atom stereocenters. The molecule has 2 atom stereocenters. The van der Waals surface area contributed by atoms with E-state index >= 15 is 0 Å². The first-order valence-corrected chi connectivity index (χ1v) is 8.20. The summed E-state index contributed by atoms with van der Waals surface area (Å²) in [5.41, 5.74) is 0.407. The maximum absolute atomic E-state index is 5.47. The third-order valence-electron chi connectivity index (χ3n) is 5.08. The molecule has 0 radical (unpaired) electrons. The van der Waals surface area contributed by atoms with Crippen molar-refractivity contribution in [3.8, 4) is 0 Å². The van der Waals surface area contributed by atoms with Crippen molar-refractivity contribution in [3.63, 3.8) is 0 Å². The average molecular weight is 268 g/mol. The zero-order valence-electron chi connectivity index (χ0n) is 13.1. The topological polar surface area (TPSA) is 24.5 Å². The van der Waals surface area contributed by atoms with Crippen LogP contribution in [0.5, 0.6) is 0 Å². The first-order chi connectivity index (χ1) is 9.21. The number of hydrogen-bond acceptors (Lipinski definition) is 3. The number of nitrogens with one attached hydrogen (secondary N) is 1. The van der Waals surface area contributed by atoms with Crippen molar-refractivity contribution in [1.82, 2.24) is 10.2 Å². The van der Waals surface area contributed by atoms with Gasteiger partial charge in [-0.05, 0) is 26.2 Å². The summed E-state index contributed by atoms with van der Waals surface area (Å²) in [5.74, 6) is 0. The molecule has 0 bridgehead atoms. The smallest absolute Gasteiger partial charge is 0.0618 e. The number of hydrogen-bond donors (Lipinski definition) is 1. The minimum atomic E-state index is 0.407. The van der Waals surface area contributed by atoms with Crippen LogP contribution in [0, 0.1) is 0 Å².